The average molecular weight is 291 g/mol. The SMILES string of the molecule is COCCCN(C)Cc1cc(=O)oc2cc(OC)ccc12. The van der Waals surface area contributed by atoms with E-state index >= 15 is 0 Å². The van der Waals surface area contributed by atoms with Crippen LogP contribution < -0.4 is 10.4 Å². The number of methoxy groups -OCH3 is 2. The molecule has 0 atom stereocenters. The number of hydrogen-bond donors (Lipinski definition) is 0. The van der Waals surface area contributed by atoms with Crippen molar-refractivity contribution in [3.8, 4) is 5.75 Å². The molecular weight excluding hydrogens is 270 g/mol. The van der Waals surface area contributed by atoms with Gasteiger partial charge >= 0.3 is 5.63 Å². The molecule has 5 heteroatoms. The highest BCUT2D eigenvalue weighted by Crippen LogP contribution is 2.23. The molecule has 0 fully saturated rings. The summed E-state index contributed by atoms with van der Waals surface area (Å²) in [6.07, 6.45) is 0.959. The zero-order valence-electron chi connectivity index (χ0n) is 12.7. The van der Waals surface area contributed by atoms with Gasteiger partial charge in [0.2, 0.25) is 0 Å². The van der Waals surface area contributed by atoms with Gasteiger partial charge in [0.05, 0.1) is 7.11 Å². The lowest BCUT2D eigenvalue weighted by molar-refractivity contribution is 0.178. The van der Waals surface area contributed by atoms with E-state index in [-0.39, 0.29) is 5.63 Å². The van der Waals surface area contributed by atoms with Crippen molar-refractivity contribution in [1.82, 2.24) is 4.90 Å². The van der Waals surface area contributed by atoms with Gasteiger partial charge in [0.25, 0.3) is 0 Å². The molecule has 0 saturated carbocycles. The van der Waals surface area contributed by atoms with Gasteiger partial charge in [-0.25, -0.2) is 4.79 Å². The van der Waals surface area contributed by atoms with Crippen LogP contribution in [0.5, 0.6) is 5.75 Å². The summed E-state index contributed by atoms with van der Waals surface area (Å²) >= 11 is 0. The van der Waals surface area contributed by atoms with E-state index in [1.807, 2.05) is 19.2 Å². The molecule has 0 unspecified atom stereocenters. The average Bonchev–Trinajstić information content (AvgIpc) is 2.46. The van der Waals surface area contributed by atoms with E-state index in [2.05, 4.69) is 4.90 Å². The van der Waals surface area contributed by atoms with Crippen LogP contribution >= 0.6 is 0 Å². The molecule has 21 heavy (non-hydrogen) atoms. The monoisotopic (exact) mass is 291 g/mol. The Morgan fingerprint density at radius 2 is 2.05 bits per heavy atom. The quantitative estimate of drug-likeness (QED) is 0.578. The standard InChI is InChI=1S/C16H21NO4/c1-17(7-4-8-19-2)11-12-9-16(18)21-15-10-13(20-3)5-6-14(12)15/h5-6,9-10H,4,7-8,11H2,1-3H3. The highest BCUT2D eigenvalue weighted by Gasteiger charge is 2.09. The minimum absolute atomic E-state index is 0.337. The second-order valence-corrected chi connectivity index (χ2v) is 5.04. The summed E-state index contributed by atoms with van der Waals surface area (Å²) in [5, 5.41) is 0.939. The van der Waals surface area contributed by atoms with Gasteiger partial charge in [0, 0.05) is 44.3 Å². The molecule has 1 aromatic carbocycles. The molecule has 0 saturated heterocycles. The van der Waals surface area contributed by atoms with Gasteiger partial charge < -0.3 is 18.8 Å². The first-order chi connectivity index (χ1) is 10.1. The van der Waals surface area contributed by atoms with Gasteiger partial charge in [0.15, 0.2) is 0 Å². The Bertz CT molecular complexity index is 650. The van der Waals surface area contributed by atoms with Crippen molar-refractivity contribution < 1.29 is 13.9 Å². The second kappa shape index (κ2) is 7.24. The Hall–Kier alpha value is -1.85. The molecule has 0 aliphatic heterocycles. The number of benzene rings is 1. The molecule has 0 N–H and O–H groups in total. The summed E-state index contributed by atoms with van der Waals surface area (Å²) in [5.41, 5.74) is 1.18. The Morgan fingerprint density at radius 3 is 2.76 bits per heavy atom. The lowest BCUT2D eigenvalue weighted by atomic mass is 10.1. The predicted octanol–water partition coefficient (Wildman–Crippen LogP) is 2.27. The molecular formula is C16H21NO4. The van der Waals surface area contributed by atoms with Gasteiger partial charge in [-0.1, -0.05) is 0 Å². The molecule has 0 spiro atoms. The van der Waals surface area contributed by atoms with Crippen molar-refractivity contribution in [2.75, 3.05) is 34.4 Å². The molecule has 0 radical (unpaired) electrons. The Balaban J connectivity index is 2.24. The van der Waals surface area contributed by atoms with Crippen LogP contribution in [0.2, 0.25) is 0 Å². The highest BCUT2D eigenvalue weighted by molar-refractivity contribution is 5.81. The third-order valence-electron chi connectivity index (χ3n) is 3.37. The third-order valence-corrected chi connectivity index (χ3v) is 3.37. The predicted molar refractivity (Wildman–Crippen MR) is 81.9 cm³/mol. The van der Waals surface area contributed by atoms with Gasteiger partial charge in [-0.05, 0) is 31.2 Å². The summed E-state index contributed by atoms with van der Waals surface area (Å²) < 4.78 is 15.5. The maximum atomic E-state index is 11.7. The summed E-state index contributed by atoms with van der Waals surface area (Å²) in [7, 11) is 5.32. The van der Waals surface area contributed by atoms with E-state index in [0.29, 0.717) is 17.9 Å². The molecule has 2 aromatic rings. The van der Waals surface area contributed by atoms with E-state index in [1.165, 1.54) is 0 Å². The van der Waals surface area contributed by atoms with Gasteiger partial charge in [-0.3, -0.25) is 0 Å². The van der Waals surface area contributed by atoms with E-state index in [9.17, 15) is 4.79 Å². The lowest BCUT2D eigenvalue weighted by Crippen LogP contribution is -2.21. The summed E-state index contributed by atoms with van der Waals surface area (Å²) in [6, 6.07) is 7.10. The van der Waals surface area contributed by atoms with Crippen molar-refractivity contribution in [1.29, 1.82) is 0 Å². The Morgan fingerprint density at radius 1 is 1.24 bits per heavy atom. The van der Waals surface area contributed by atoms with Crippen LogP contribution in [0, 0.1) is 0 Å². The topological polar surface area (TPSA) is 51.9 Å². The normalized spacial score (nSPS) is 11.2. The highest BCUT2D eigenvalue weighted by atomic mass is 16.5. The van der Waals surface area contributed by atoms with Crippen molar-refractivity contribution in [3.63, 3.8) is 0 Å². The zero-order chi connectivity index (χ0) is 15.2. The lowest BCUT2D eigenvalue weighted by Gasteiger charge is -2.17. The van der Waals surface area contributed by atoms with Crippen LogP contribution in [0.4, 0.5) is 0 Å². The number of ether oxygens (including phenoxy) is 2. The van der Waals surface area contributed by atoms with Gasteiger partial charge in [-0.2, -0.15) is 0 Å². The Labute approximate surface area is 124 Å². The van der Waals surface area contributed by atoms with E-state index in [4.69, 9.17) is 13.9 Å². The molecule has 0 aliphatic rings. The van der Waals surface area contributed by atoms with Crippen LogP contribution in [0.3, 0.4) is 0 Å². The fourth-order valence-electron chi connectivity index (χ4n) is 2.32. The van der Waals surface area contributed by atoms with Gasteiger partial charge in [0.1, 0.15) is 11.3 Å². The Kier molecular flexibility index (Phi) is 5.36. The molecule has 0 bridgehead atoms. The zero-order valence-corrected chi connectivity index (χ0v) is 12.7. The first kappa shape index (κ1) is 15.5. The molecule has 0 aliphatic carbocycles. The molecule has 0 amide bonds. The molecule has 1 heterocycles. The first-order valence-corrected chi connectivity index (χ1v) is 6.92. The smallest absolute Gasteiger partial charge is 0.336 e. The van der Waals surface area contributed by atoms with Crippen LogP contribution in [0.15, 0.2) is 33.5 Å². The number of fused-ring (bicyclic) bond motifs is 1. The fourth-order valence-corrected chi connectivity index (χ4v) is 2.32. The minimum Gasteiger partial charge on any atom is -0.497 e. The van der Waals surface area contributed by atoms with Crippen LogP contribution in [-0.2, 0) is 11.3 Å². The van der Waals surface area contributed by atoms with Crippen molar-refractivity contribution >= 4 is 11.0 Å². The maximum Gasteiger partial charge on any atom is 0.336 e. The van der Waals surface area contributed by atoms with Crippen LogP contribution in [0.1, 0.15) is 12.0 Å². The van der Waals surface area contributed by atoms with E-state index in [1.54, 1.807) is 26.4 Å². The third kappa shape index (κ3) is 4.06. The molecule has 114 valence electrons. The molecule has 2 rings (SSSR count). The summed E-state index contributed by atoms with van der Waals surface area (Å²) in [5.74, 6) is 0.677. The largest absolute Gasteiger partial charge is 0.497 e. The van der Waals surface area contributed by atoms with E-state index < -0.39 is 0 Å². The van der Waals surface area contributed by atoms with Gasteiger partial charge in [-0.15, -0.1) is 0 Å². The number of rotatable bonds is 7. The number of hydrogen-bond acceptors (Lipinski definition) is 5. The van der Waals surface area contributed by atoms with Crippen molar-refractivity contribution in [2.45, 2.75) is 13.0 Å². The minimum atomic E-state index is -0.337. The van der Waals surface area contributed by atoms with E-state index in [0.717, 1.165) is 30.5 Å². The molecule has 1 aromatic heterocycles. The first-order valence-electron chi connectivity index (χ1n) is 6.92. The van der Waals surface area contributed by atoms with Crippen LogP contribution in [-0.4, -0.2) is 39.3 Å². The summed E-state index contributed by atoms with van der Waals surface area (Å²) in [4.78, 5) is 13.9. The van der Waals surface area contributed by atoms with Crippen molar-refractivity contribution in [3.05, 3.63) is 40.2 Å². The maximum absolute atomic E-state index is 11.7. The number of nitrogens with zero attached hydrogens (tertiary/aromatic N) is 1. The molecule has 5 nitrogen and oxygen atoms in total. The van der Waals surface area contributed by atoms with Crippen molar-refractivity contribution in [2.24, 2.45) is 0 Å². The summed E-state index contributed by atoms with van der Waals surface area (Å²) in [6.45, 7) is 2.34. The second-order valence-electron chi connectivity index (χ2n) is 5.04. The fraction of sp³-hybridized carbons (Fsp3) is 0.438. The van der Waals surface area contributed by atoms with Crippen LogP contribution in [0.25, 0.3) is 11.0 Å².